The van der Waals surface area contributed by atoms with Gasteiger partial charge in [-0.3, -0.25) is 4.79 Å². The van der Waals surface area contributed by atoms with Crippen LogP contribution in [0.2, 0.25) is 0 Å². The second kappa shape index (κ2) is 10.6. The molecule has 2 saturated heterocycles. The van der Waals surface area contributed by atoms with E-state index < -0.39 is 15.8 Å². The normalized spacial score (nSPS) is 19.6. The summed E-state index contributed by atoms with van der Waals surface area (Å²) in [5.74, 6) is -0.0877. The molecule has 2 aliphatic heterocycles. The molecule has 0 spiro atoms. The lowest BCUT2D eigenvalue weighted by atomic mass is 9.96. The Balaban J connectivity index is 1.24. The highest BCUT2D eigenvalue weighted by molar-refractivity contribution is 7.89. The topological polar surface area (TPSA) is 83.7 Å². The SMILES string of the molecule is Cc1noc(/C=C/c2ccccc2F)c1S(=O)(=O)N1CCC(C(=O)N2CCC(c3ccccc3)C2)CC1. The van der Waals surface area contributed by atoms with Gasteiger partial charge in [0.1, 0.15) is 11.5 Å². The maximum atomic E-state index is 14.0. The van der Waals surface area contributed by atoms with Crippen LogP contribution in [0.25, 0.3) is 12.2 Å². The molecule has 37 heavy (non-hydrogen) atoms. The number of piperidine rings is 1. The quantitative estimate of drug-likeness (QED) is 0.467. The molecule has 3 heterocycles. The number of aromatic nitrogens is 1. The largest absolute Gasteiger partial charge is 0.355 e. The van der Waals surface area contributed by atoms with Gasteiger partial charge in [0.25, 0.3) is 0 Å². The van der Waals surface area contributed by atoms with E-state index in [0.717, 1.165) is 13.0 Å². The lowest BCUT2D eigenvalue weighted by Crippen LogP contribution is -2.44. The van der Waals surface area contributed by atoms with Gasteiger partial charge in [0.15, 0.2) is 10.7 Å². The van der Waals surface area contributed by atoms with Crippen LogP contribution in [0, 0.1) is 18.7 Å². The lowest BCUT2D eigenvalue weighted by Gasteiger charge is -2.32. The molecule has 5 rings (SSSR count). The third-order valence-electron chi connectivity index (χ3n) is 7.32. The predicted molar refractivity (Wildman–Crippen MR) is 138 cm³/mol. The van der Waals surface area contributed by atoms with Gasteiger partial charge in [0.2, 0.25) is 15.9 Å². The van der Waals surface area contributed by atoms with Crippen LogP contribution < -0.4 is 0 Å². The maximum absolute atomic E-state index is 14.0. The Morgan fingerprint density at radius 1 is 1.00 bits per heavy atom. The molecule has 0 N–H and O–H groups in total. The van der Waals surface area contributed by atoms with E-state index in [9.17, 15) is 17.6 Å². The average Bonchev–Trinajstić information content (AvgIpc) is 3.56. The minimum Gasteiger partial charge on any atom is -0.355 e. The lowest BCUT2D eigenvalue weighted by molar-refractivity contribution is -0.135. The Morgan fingerprint density at radius 3 is 2.43 bits per heavy atom. The summed E-state index contributed by atoms with van der Waals surface area (Å²) in [6.45, 7) is 3.50. The van der Waals surface area contributed by atoms with Crippen LogP contribution >= 0.6 is 0 Å². The molecule has 2 fully saturated rings. The van der Waals surface area contributed by atoms with Gasteiger partial charge in [-0.1, -0.05) is 53.7 Å². The number of carbonyl (C=O) groups is 1. The Morgan fingerprint density at radius 2 is 1.70 bits per heavy atom. The highest BCUT2D eigenvalue weighted by atomic mass is 32.2. The number of benzene rings is 2. The summed E-state index contributed by atoms with van der Waals surface area (Å²) in [6.07, 6.45) is 4.78. The van der Waals surface area contributed by atoms with Crippen molar-refractivity contribution in [1.29, 1.82) is 0 Å². The maximum Gasteiger partial charge on any atom is 0.248 e. The van der Waals surface area contributed by atoms with Gasteiger partial charge in [0.05, 0.1) is 0 Å². The smallest absolute Gasteiger partial charge is 0.248 e. The van der Waals surface area contributed by atoms with Crippen LogP contribution in [0.1, 0.15) is 47.8 Å². The number of carbonyl (C=O) groups excluding carboxylic acids is 1. The van der Waals surface area contributed by atoms with Crippen LogP contribution in [0.15, 0.2) is 64.0 Å². The number of aryl methyl sites for hydroxylation is 1. The van der Waals surface area contributed by atoms with E-state index in [1.807, 2.05) is 23.1 Å². The second-order valence-electron chi connectivity index (χ2n) is 9.68. The van der Waals surface area contributed by atoms with Crippen LogP contribution in [0.3, 0.4) is 0 Å². The van der Waals surface area contributed by atoms with Crippen LogP contribution in [0.4, 0.5) is 4.39 Å². The molecule has 0 saturated carbocycles. The molecule has 2 aromatic carbocycles. The molecule has 0 radical (unpaired) electrons. The van der Waals surface area contributed by atoms with Gasteiger partial charge in [0, 0.05) is 43.6 Å². The summed E-state index contributed by atoms with van der Waals surface area (Å²) >= 11 is 0. The molecular weight excluding hydrogens is 493 g/mol. The van der Waals surface area contributed by atoms with Crippen molar-refractivity contribution in [3.05, 3.63) is 83.0 Å². The van der Waals surface area contributed by atoms with E-state index in [0.29, 0.717) is 30.9 Å². The van der Waals surface area contributed by atoms with Crippen molar-refractivity contribution >= 4 is 28.1 Å². The van der Waals surface area contributed by atoms with Crippen LogP contribution in [-0.4, -0.2) is 54.9 Å². The Labute approximate surface area is 216 Å². The van der Waals surface area contributed by atoms with Crippen LogP contribution in [-0.2, 0) is 14.8 Å². The minimum absolute atomic E-state index is 0.0184. The van der Waals surface area contributed by atoms with Crippen molar-refractivity contribution in [2.45, 2.75) is 37.0 Å². The number of hydrogen-bond donors (Lipinski definition) is 0. The third kappa shape index (κ3) is 5.24. The van der Waals surface area contributed by atoms with Gasteiger partial charge in [-0.25, -0.2) is 12.8 Å². The number of likely N-dealkylation sites (tertiary alicyclic amines) is 1. The number of amides is 1. The van der Waals surface area contributed by atoms with E-state index in [1.54, 1.807) is 25.1 Å². The van der Waals surface area contributed by atoms with Gasteiger partial charge in [-0.2, -0.15) is 4.31 Å². The number of sulfonamides is 1. The highest BCUT2D eigenvalue weighted by Gasteiger charge is 2.38. The molecular formula is C28H30FN3O4S. The van der Waals surface area contributed by atoms with Crippen molar-refractivity contribution in [3.63, 3.8) is 0 Å². The van der Waals surface area contributed by atoms with E-state index in [1.165, 1.54) is 28.1 Å². The zero-order chi connectivity index (χ0) is 26.0. The fourth-order valence-corrected chi connectivity index (χ4v) is 6.98. The fourth-order valence-electron chi connectivity index (χ4n) is 5.26. The molecule has 9 heteroatoms. The summed E-state index contributed by atoms with van der Waals surface area (Å²) in [6, 6.07) is 16.5. The molecule has 0 aliphatic carbocycles. The second-order valence-corrected chi connectivity index (χ2v) is 11.5. The van der Waals surface area contributed by atoms with Crippen molar-refractivity contribution in [1.82, 2.24) is 14.4 Å². The Bertz CT molecular complexity index is 1400. The molecule has 0 bridgehead atoms. The zero-order valence-electron chi connectivity index (χ0n) is 20.7. The summed E-state index contributed by atoms with van der Waals surface area (Å²) in [4.78, 5) is 15.1. The average molecular weight is 524 g/mol. The minimum atomic E-state index is -3.90. The standard InChI is InChI=1S/C28H30FN3O4S/c1-20-27(26(36-30-20)12-11-22-9-5-6-10-25(22)29)37(34,35)32-17-14-23(15-18-32)28(33)31-16-13-24(19-31)21-7-3-2-4-8-21/h2-12,23-24H,13-19H2,1H3/b12-11+. The van der Waals surface area contributed by atoms with E-state index in [2.05, 4.69) is 17.3 Å². The summed E-state index contributed by atoms with van der Waals surface area (Å²) in [5, 5.41) is 3.85. The summed E-state index contributed by atoms with van der Waals surface area (Å²) in [7, 11) is -3.90. The molecule has 2 aliphatic rings. The first-order valence-corrected chi connectivity index (χ1v) is 14.0. The van der Waals surface area contributed by atoms with Crippen molar-refractivity contribution < 1.29 is 22.1 Å². The first kappa shape index (κ1) is 25.4. The van der Waals surface area contributed by atoms with Gasteiger partial charge in [-0.05, 0) is 50.0 Å². The monoisotopic (exact) mass is 523 g/mol. The molecule has 194 valence electrons. The van der Waals surface area contributed by atoms with Gasteiger partial charge < -0.3 is 9.42 Å². The van der Waals surface area contributed by atoms with E-state index in [4.69, 9.17) is 4.52 Å². The Hall–Kier alpha value is -3.30. The fraction of sp³-hybridized carbons (Fsp3) is 0.357. The number of halogens is 1. The van der Waals surface area contributed by atoms with Gasteiger partial charge in [-0.15, -0.1) is 0 Å². The molecule has 3 aromatic rings. The molecule has 1 unspecified atom stereocenters. The first-order chi connectivity index (χ1) is 17.8. The van der Waals surface area contributed by atoms with Crippen molar-refractivity contribution in [2.24, 2.45) is 5.92 Å². The number of hydrogen-bond acceptors (Lipinski definition) is 5. The van der Waals surface area contributed by atoms with E-state index >= 15 is 0 Å². The molecule has 1 aromatic heterocycles. The number of rotatable bonds is 6. The molecule has 1 atom stereocenters. The zero-order valence-corrected chi connectivity index (χ0v) is 21.5. The summed E-state index contributed by atoms with van der Waals surface area (Å²) < 4.78 is 47.7. The first-order valence-electron chi connectivity index (χ1n) is 12.6. The van der Waals surface area contributed by atoms with E-state index in [-0.39, 0.29) is 41.3 Å². The predicted octanol–water partition coefficient (Wildman–Crippen LogP) is 4.71. The van der Waals surface area contributed by atoms with Crippen molar-refractivity contribution in [2.75, 3.05) is 26.2 Å². The van der Waals surface area contributed by atoms with Crippen molar-refractivity contribution in [3.8, 4) is 0 Å². The molecule has 1 amide bonds. The third-order valence-corrected chi connectivity index (χ3v) is 9.38. The van der Waals surface area contributed by atoms with Crippen LogP contribution in [0.5, 0.6) is 0 Å². The Kier molecular flexibility index (Phi) is 7.26. The highest BCUT2D eigenvalue weighted by Crippen LogP contribution is 2.32. The van der Waals surface area contributed by atoms with Gasteiger partial charge >= 0.3 is 0 Å². The summed E-state index contributed by atoms with van der Waals surface area (Å²) in [5.41, 5.74) is 1.81. The molecule has 7 nitrogen and oxygen atoms in total. The number of nitrogens with zero attached hydrogens (tertiary/aromatic N) is 3.